The summed E-state index contributed by atoms with van der Waals surface area (Å²) in [5.41, 5.74) is -2.02. The average Bonchev–Trinajstić information content (AvgIpc) is 3.76. The SMILES string of the molecule is CC(C)(F)C[C@H](N[C@@H](c1ccc(-c2ccc(C3(C(=O)O)CC3)cc2)cc1)C(F)(F)F)C(=O)NC1(C#N)CC1. The van der Waals surface area contributed by atoms with Gasteiger partial charge < -0.3 is 10.4 Å². The van der Waals surface area contributed by atoms with E-state index in [-0.39, 0.29) is 5.56 Å². The third-order valence-electron chi connectivity index (χ3n) is 7.20. The number of rotatable bonds is 10. The van der Waals surface area contributed by atoms with Gasteiger partial charge in [0.1, 0.15) is 17.2 Å². The van der Waals surface area contributed by atoms with E-state index in [9.17, 15) is 37.5 Å². The summed E-state index contributed by atoms with van der Waals surface area (Å²) in [6.45, 7) is 2.35. The number of aliphatic carboxylic acids is 1. The molecule has 2 aromatic carbocycles. The second kappa shape index (κ2) is 9.70. The van der Waals surface area contributed by atoms with Gasteiger partial charge in [0.25, 0.3) is 0 Å². The van der Waals surface area contributed by atoms with Crippen LogP contribution in [0.15, 0.2) is 48.5 Å². The number of nitrogens with zero attached hydrogens (tertiary/aromatic N) is 1. The number of carbonyl (C=O) groups excluding carboxylic acids is 1. The first-order chi connectivity index (χ1) is 17.7. The van der Waals surface area contributed by atoms with E-state index in [0.29, 0.717) is 42.4 Å². The van der Waals surface area contributed by atoms with Crippen LogP contribution in [0.3, 0.4) is 0 Å². The lowest BCUT2D eigenvalue weighted by molar-refractivity contribution is -0.161. The Bertz CT molecular complexity index is 1240. The summed E-state index contributed by atoms with van der Waals surface area (Å²) in [5.74, 6) is -1.72. The van der Waals surface area contributed by atoms with Crippen LogP contribution in [0.4, 0.5) is 17.6 Å². The summed E-state index contributed by atoms with van der Waals surface area (Å²) in [6.07, 6.45) is -3.39. The molecule has 0 heterocycles. The number of carboxylic acid groups (broad SMARTS) is 1. The van der Waals surface area contributed by atoms with Gasteiger partial charge in [0.05, 0.1) is 17.5 Å². The quantitative estimate of drug-likeness (QED) is 0.359. The molecule has 0 bridgehead atoms. The van der Waals surface area contributed by atoms with Crippen LogP contribution in [-0.4, -0.2) is 40.4 Å². The Morgan fingerprint density at radius 1 is 0.974 bits per heavy atom. The number of amides is 1. The molecule has 2 atom stereocenters. The molecular formula is C28H29F4N3O3. The van der Waals surface area contributed by atoms with Crippen molar-refractivity contribution in [2.24, 2.45) is 0 Å². The average molecular weight is 532 g/mol. The third-order valence-corrected chi connectivity index (χ3v) is 7.20. The fourth-order valence-electron chi connectivity index (χ4n) is 4.61. The van der Waals surface area contributed by atoms with Crippen molar-refractivity contribution in [1.82, 2.24) is 10.6 Å². The van der Waals surface area contributed by atoms with Gasteiger partial charge in [0.2, 0.25) is 5.91 Å². The van der Waals surface area contributed by atoms with Crippen molar-refractivity contribution < 1.29 is 32.3 Å². The van der Waals surface area contributed by atoms with E-state index >= 15 is 0 Å². The highest BCUT2D eigenvalue weighted by Gasteiger charge is 2.51. The molecule has 4 rings (SSSR count). The maximum Gasteiger partial charge on any atom is 0.407 e. The van der Waals surface area contributed by atoms with Crippen molar-refractivity contribution in [2.45, 2.75) is 80.8 Å². The molecule has 38 heavy (non-hydrogen) atoms. The van der Waals surface area contributed by atoms with Crippen LogP contribution in [0.1, 0.15) is 63.1 Å². The van der Waals surface area contributed by atoms with Crippen molar-refractivity contribution in [1.29, 1.82) is 5.26 Å². The Balaban J connectivity index is 1.55. The highest BCUT2D eigenvalue weighted by atomic mass is 19.4. The zero-order valence-corrected chi connectivity index (χ0v) is 21.0. The lowest BCUT2D eigenvalue weighted by atomic mass is 9.93. The Labute approximate surface area is 218 Å². The highest BCUT2D eigenvalue weighted by molar-refractivity contribution is 5.85. The summed E-state index contributed by atoms with van der Waals surface area (Å²) >= 11 is 0. The zero-order valence-electron chi connectivity index (χ0n) is 21.0. The number of alkyl halides is 4. The van der Waals surface area contributed by atoms with Gasteiger partial charge in [0.15, 0.2) is 0 Å². The maximum atomic E-state index is 14.5. The Morgan fingerprint density at radius 3 is 1.89 bits per heavy atom. The smallest absolute Gasteiger partial charge is 0.407 e. The molecule has 0 saturated heterocycles. The standard InChI is InChI=1S/C28H29F4N3O3/c1-25(2,29)15-21(23(36)35-26(16-33)11-12-26)34-22(28(30,31)32)19-5-3-17(4-6-19)18-7-9-20(10-8-18)27(13-14-27)24(37)38/h3-10,21-22,34H,11-15H2,1-2H3,(H,35,36)(H,37,38)/t21-,22-/m0/s1. The first-order valence-electron chi connectivity index (χ1n) is 12.4. The van der Waals surface area contributed by atoms with Crippen LogP contribution < -0.4 is 10.6 Å². The minimum Gasteiger partial charge on any atom is -0.481 e. The van der Waals surface area contributed by atoms with Crippen molar-refractivity contribution >= 4 is 11.9 Å². The molecule has 0 radical (unpaired) electrons. The minimum atomic E-state index is -4.79. The predicted molar refractivity (Wildman–Crippen MR) is 132 cm³/mol. The Morgan fingerprint density at radius 2 is 1.50 bits per heavy atom. The number of nitrogens with one attached hydrogen (secondary N) is 2. The Kier molecular flexibility index (Phi) is 7.04. The van der Waals surface area contributed by atoms with Crippen LogP contribution in [0, 0.1) is 11.3 Å². The van der Waals surface area contributed by atoms with E-state index in [4.69, 9.17) is 0 Å². The van der Waals surface area contributed by atoms with Gasteiger partial charge in [-0.1, -0.05) is 48.5 Å². The molecule has 0 unspecified atom stereocenters. The van der Waals surface area contributed by atoms with Crippen LogP contribution in [0.2, 0.25) is 0 Å². The third kappa shape index (κ3) is 5.99. The number of carbonyl (C=O) groups is 2. The lowest BCUT2D eigenvalue weighted by Crippen LogP contribution is -2.53. The molecule has 0 aromatic heterocycles. The normalized spacial score (nSPS) is 19.1. The first kappa shape index (κ1) is 27.6. The second-order valence-electron chi connectivity index (χ2n) is 10.9. The van der Waals surface area contributed by atoms with Crippen molar-refractivity contribution in [3.8, 4) is 17.2 Å². The van der Waals surface area contributed by atoms with E-state index in [0.717, 1.165) is 0 Å². The van der Waals surface area contributed by atoms with Gasteiger partial charge in [-0.15, -0.1) is 0 Å². The molecule has 1 amide bonds. The largest absolute Gasteiger partial charge is 0.481 e. The monoisotopic (exact) mass is 531 g/mol. The first-order valence-corrected chi connectivity index (χ1v) is 12.4. The van der Waals surface area contributed by atoms with Crippen LogP contribution in [0.5, 0.6) is 0 Å². The van der Waals surface area contributed by atoms with Gasteiger partial charge in [-0.25, -0.2) is 4.39 Å². The molecule has 2 aromatic rings. The molecule has 2 aliphatic carbocycles. The van der Waals surface area contributed by atoms with Crippen LogP contribution >= 0.6 is 0 Å². The molecule has 6 nitrogen and oxygen atoms in total. The topological polar surface area (TPSA) is 102 Å². The molecule has 202 valence electrons. The maximum absolute atomic E-state index is 14.5. The summed E-state index contributed by atoms with van der Waals surface area (Å²) in [6, 6.07) is 10.7. The number of benzene rings is 2. The van der Waals surface area contributed by atoms with Crippen molar-refractivity contribution in [2.75, 3.05) is 0 Å². The summed E-state index contributed by atoms with van der Waals surface area (Å²) in [5, 5.41) is 23.5. The molecular weight excluding hydrogens is 502 g/mol. The summed E-state index contributed by atoms with van der Waals surface area (Å²) in [4.78, 5) is 24.4. The predicted octanol–water partition coefficient (Wildman–Crippen LogP) is 5.34. The van der Waals surface area contributed by atoms with Gasteiger partial charge in [-0.3, -0.25) is 14.9 Å². The van der Waals surface area contributed by atoms with E-state index in [1.807, 2.05) is 6.07 Å². The number of hydrogen-bond donors (Lipinski definition) is 3. The number of hydrogen-bond acceptors (Lipinski definition) is 4. The van der Waals surface area contributed by atoms with Crippen LogP contribution in [-0.2, 0) is 15.0 Å². The highest BCUT2D eigenvalue weighted by Crippen LogP contribution is 2.48. The second-order valence-corrected chi connectivity index (χ2v) is 10.9. The van der Waals surface area contributed by atoms with E-state index in [2.05, 4.69) is 10.6 Å². The molecule has 2 aliphatic rings. The van der Waals surface area contributed by atoms with Crippen molar-refractivity contribution in [3.05, 3.63) is 59.7 Å². The molecule has 2 saturated carbocycles. The van der Waals surface area contributed by atoms with E-state index in [1.165, 1.54) is 38.1 Å². The molecule has 0 spiro atoms. The fraction of sp³-hybridized carbons (Fsp3) is 0.464. The molecule has 2 fully saturated rings. The molecule has 3 N–H and O–H groups in total. The van der Waals surface area contributed by atoms with Gasteiger partial charge >= 0.3 is 12.1 Å². The van der Waals surface area contributed by atoms with Gasteiger partial charge in [0, 0.05) is 6.42 Å². The Hall–Kier alpha value is -3.45. The molecule has 10 heteroatoms. The number of nitriles is 1. The van der Waals surface area contributed by atoms with E-state index < -0.39 is 53.2 Å². The van der Waals surface area contributed by atoms with E-state index in [1.54, 1.807) is 24.3 Å². The summed E-state index contributed by atoms with van der Waals surface area (Å²) < 4.78 is 56.9. The van der Waals surface area contributed by atoms with Crippen molar-refractivity contribution in [3.63, 3.8) is 0 Å². The van der Waals surface area contributed by atoms with Gasteiger partial charge in [-0.05, 0) is 61.8 Å². The lowest BCUT2D eigenvalue weighted by Gasteiger charge is -2.30. The fourth-order valence-corrected chi connectivity index (χ4v) is 4.61. The number of halogens is 4. The summed E-state index contributed by atoms with van der Waals surface area (Å²) in [7, 11) is 0. The zero-order chi connectivity index (χ0) is 27.9. The minimum absolute atomic E-state index is 0.156. The van der Waals surface area contributed by atoms with Gasteiger partial charge in [-0.2, -0.15) is 18.4 Å². The van der Waals surface area contributed by atoms with Crippen LogP contribution in [0.25, 0.3) is 11.1 Å². The molecule has 0 aliphatic heterocycles. The number of carboxylic acids is 1.